The van der Waals surface area contributed by atoms with Gasteiger partial charge in [-0.15, -0.1) is 0 Å². The van der Waals surface area contributed by atoms with Gasteiger partial charge >= 0.3 is 12.1 Å². The van der Waals surface area contributed by atoms with E-state index in [-0.39, 0.29) is 5.75 Å². The molecule has 0 fully saturated rings. The predicted molar refractivity (Wildman–Crippen MR) is 177 cm³/mol. The second-order valence-corrected chi connectivity index (χ2v) is 11.5. The largest absolute Gasteiger partial charge is 0.493 e. The second kappa shape index (κ2) is 12.2. The van der Waals surface area contributed by atoms with Crippen molar-refractivity contribution in [3.05, 3.63) is 91.1 Å². The first-order valence-electron chi connectivity index (χ1n) is 14.6. The lowest BCUT2D eigenvalue weighted by Gasteiger charge is -2.19. The Morgan fingerprint density at radius 1 is 0.804 bits per heavy atom. The number of methoxy groups -OCH3 is 1. The number of hydrogen-bond acceptors (Lipinski definition) is 10. The Morgan fingerprint density at radius 3 is 2.30 bits per heavy atom. The summed E-state index contributed by atoms with van der Waals surface area (Å²) < 4.78 is 17.7. The Kier molecular flexibility index (Phi) is 7.97. The average molecular weight is 617 g/mol. The molecule has 0 aliphatic rings. The van der Waals surface area contributed by atoms with E-state index < -0.39 is 17.7 Å². The first-order valence-corrected chi connectivity index (χ1v) is 14.6. The minimum absolute atomic E-state index is 0.241. The lowest BCUT2D eigenvalue weighted by atomic mass is 10.1. The third-order valence-electron chi connectivity index (χ3n) is 6.82. The minimum atomic E-state index is -0.659. The van der Waals surface area contributed by atoms with Crippen molar-refractivity contribution in [2.24, 2.45) is 0 Å². The van der Waals surface area contributed by atoms with Crippen molar-refractivity contribution in [1.29, 1.82) is 0 Å². The number of rotatable bonds is 7. The highest BCUT2D eigenvalue weighted by Gasteiger charge is 2.21. The molecule has 0 bridgehead atoms. The Labute approximate surface area is 265 Å². The maximum absolute atomic E-state index is 12.7. The van der Waals surface area contributed by atoms with Gasteiger partial charge in [0.05, 0.1) is 24.3 Å². The molecular weight excluding hydrogens is 584 g/mol. The monoisotopic (exact) mass is 616 g/mol. The summed E-state index contributed by atoms with van der Waals surface area (Å²) in [5.41, 5.74) is 3.80. The number of carbonyl (C=O) groups excluding carboxylic acids is 2. The number of benzene rings is 4. The molecule has 11 nitrogen and oxygen atoms in total. The molecule has 0 aliphatic carbocycles. The van der Waals surface area contributed by atoms with Crippen LogP contribution in [-0.4, -0.2) is 44.5 Å². The van der Waals surface area contributed by atoms with Crippen molar-refractivity contribution in [2.75, 3.05) is 17.7 Å². The van der Waals surface area contributed by atoms with E-state index in [1.54, 1.807) is 45.2 Å². The standard InChI is InChI=1S/C35H32N6O5/c1-21(42)45-31-18-27-28(19-30(31)44-5)39-32(22-10-9-13-25(16-22)37-24-11-7-6-8-12-24)40-33(27)38-26-14-15-29-23(17-26)20-36-41(29)34(43)46-35(2,3)4/h6-20,37H,1-5H3,(H,38,39,40). The molecule has 0 spiro atoms. The fourth-order valence-electron chi connectivity index (χ4n) is 4.88. The van der Waals surface area contributed by atoms with Crippen molar-refractivity contribution in [1.82, 2.24) is 19.7 Å². The Balaban J connectivity index is 1.42. The van der Waals surface area contributed by atoms with E-state index in [9.17, 15) is 9.59 Å². The molecule has 0 radical (unpaired) electrons. The normalized spacial score (nSPS) is 11.3. The molecule has 2 aromatic heterocycles. The third-order valence-corrected chi connectivity index (χ3v) is 6.82. The third kappa shape index (κ3) is 6.58. The van der Waals surface area contributed by atoms with Gasteiger partial charge < -0.3 is 24.8 Å². The highest BCUT2D eigenvalue weighted by atomic mass is 16.6. The van der Waals surface area contributed by atoms with Crippen molar-refractivity contribution in [3.8, 4) is 22.9 Å². The average Bonchev–Trinajstić information content (AvgIpc) is 3.44. The molecule has 2 N–H and O–H groups in total. The van der Waals surface area contributed by atoms with Gasteiger partial charge in [0.1, 0.15) is 11.4 Å². The van der Waals surface area contributed by atoms with Crippen molar-refractivity contribution >= 4 is 56.7 Å². The van der Waals surface area contributed by atoms with Crippen LogP contribution in [0.15, 0.2) is 91.1 Å². The summed E-state index contributed by atoms with van der Waals surface area (Å²) in [5.74, 6) is 1.04. The summed E-state index contributed by atoms with van der Waals surface area (Å²) in [6, 6.07) is 26.5. The first kappa shape index (κ1) is 30.1. The Hall–Kier alpha value is -5.97. The Bertz CT molecular complexity index is 2090. The second-order valence-electron chi connectivity index (χ2n) is 11.5. The number of para-hydroxylation sites is 1. The molecule has 0 atom stereocenters. The predicted octanol–water partition coefficient (Wildman–Crippen LogP) is 7.85. The van der Waals surface area contributed by atoms with E-state index in [1.807, 2.05) is 66.7 Å². The van der Waals surface area contributed by atoms with Crippen LogP contribution >= 0.6 is 0 Å². The summed E-state index contributed by atoms with van der Waals surface area (Å²) in [4.78, 5) is 34.4. The number of nitrogens with zero attached hydrogens (tertiary/aromatic N) is 4. The molecule has 6 rings (SSSR count). The number of ether oxygens (including phenoxy) is 3. The van der Waals surface area contributed by atoms with Crippen molar-refractivity contribution in [2.45, 2.75) is 33.3 Å². The molecule has 4 aromatic carbocycles. The summed E-state index contributed by atoms with van der Waals surface area (Å²) in [6.45, 7) is 6.73. The van der Waals surface area contributed by atoms with E-state index >= 15 is 0 Å². The van der Waals surface area contributed by atoms with Gasteiger partial charge in [0.2, 0.25) is 0 Å². The van der Waals surface area contributed by atoms with Crippen LogP contribution in [0.1, 0.15) is 27.7 Å². The lowest BCUT2D eigenvalue weighted by molar-refractivity contribution is -0.132. The maximum atomic E-state index is 12.7. The van der Waals surface area contributed by atoms with Gasteiger partial charge in [-0.3, -0.25) is 4.79 Å². The highest BCUT2D eigenvalue weighted by molar-refractivity contribution is 5.96. The Morgan fingerprint density at radius 2 is 1.57 bits per heavy atom. The van der Waals surface area contributed by atoms with Crippen LogP contribution in [-0.2, 0) is 9.53 Å². The summed E-state index contributed by atoms with van der Waals surface area (Å²) in [7, 11) is 1.50. The van der Waals surface area contributed by atoms with Crippen LogP contribution in [0.2, 0.25) is 0 Å². The van der Waals surface area contributed by atoms with Gasteiger partial charge in [0.25, 0.3) is 0 Å². The molecule has 232 valence electrons. The number of fused-ring (bicyclic) bond motifs is 2. The quantitative estimate of drug-likeness (QED) is 0.135. The molecule has 0 unspecified atom stereocenters. The number of hydrogen-bond donors (Lipinski definition) is 2. The topological polar surface area (TPSA) is 129 Å². The zero-order valence-corrected chi connectivity index (χ0v) is 26.0. The van der Waals surface area contributed by atoms with Gasteiger partial charge in [-0.1, -0.05) is 30.3 Å². The molecule has 11 heteroatoms. The fourth-order valence-corrected chi connectivity index (χ4v) is 4.88. The summed E-state index contributed by atoms with van der Waals surface area (Å²) in [6.07, 6.45) is 1.04. The molecule has 6 aromatic rings. The van der Waals surface area contributed by atoms with Crippen LogP contribution in [0, 0.1) is 0 Å². The van der Waals surface area contributed by atoms with Gasteiger partial charge in [0, 0.05) is 46.4 Å². The van der Waals surface area contributed by atoms with Crippen molar-refractivity contribution in [3.63, 3.8) is 0 Å². The van der Waals surface area contributed by atoms with Gasteiger partial charge in [0.15, 0.2) is 17.3 Å². The highest BCUT2D eigenvalue weighted by Crippen LogP contribution is 2.37. The summed E-state index contributed by atoms with van der Waals surface area (Å²) in [5, 5.41) is 12.4. The van der Waals surface area contributed by atoms with Crippen LogP contribution in [0.5, 0.6) is 11.5 Å². The number of anilines is 4. The summed E-state index contributed by atoms with van der Waals surface area (Å²) >= 11 is 0. The van der Waals surface area contributed by atoms with E-state index in [4.69, 9.17) is 24.2 Å². The van der Waals surface area contributed by atoms with Gasteiger partial charge in [-0.2, -0.15) is 9.78 Å². The lowest BCUT2D eigenvalue weighted by Crippen LogP contribution is -2.27. The maximum Gasteiger partial charge on any atom is 0.435 e. The molecule has 0 saturated carbocycles. The minimum Gasteiger partial charge on any atom is -0.493 e. The van der Waals surface area contributed by atoms with Gasteiger partial charge in [-0.25, -0.2) is 14.8 Å². The number of carbonyl (C=O) groups is 2. The fraction of sp³-hybridized carbons (Fsp3) is 0.171. The SMILES string of the molecule is COc1cc2nc(-c3cccc(Nc4ccccc4)c3)nc(Nc3ccc4c(cnn4C(=O)OC(C)(C)C)c3)c2cc1OC(C)=O. The van der Waals surface area contributed by atoms with E-state index in [0.717, 1.165) is 22.3 Å². The molecule has 46 heavy (non-hydrogen) atoms. The zero-order chi connectivity index (χ0) is 32.4. The molecule has 0 saturated heterocycles. The number of nitrogens with one attached hydrogen (secondary N) is 2. The van der Waals surface area contributed by atoms with Crippen molar-refractivity contribution < 1.29 is 23.8 Å². The van der Waals surface area contributed by atoms with E-state index in [1.165, 1.54) is 18.7 Å². The smallest absolute Gasteiger partial charge is 0.435 e. The van der Waals surface area contributed by atoms with Crippen LogP contribution in [0.3, 0.4) is 0 Å². The number of esters is 1. The van der Waals surface area contributed by atoms with Crippen LogP contribution in [0.25, 0.3) is 33.2 Å². The molecular formula is C35H32N6O5. The number of aromatic nitrogens is 4. The zero-order valence-electron chi connectivity index (χ0n) is 26.0. The van der Waals surface area contributed by atoms with E-state index in [0.29, 0.717) is 39.5 Å². The molecule has 2 heterocycles. The van der Waals surface area contributed by atoms with Crippen LogP contribution < -0.4 is 20.1 Å². The van der Waals surface area contributed by atoms with Gasteiger partial charge in [-0.05, 0) is 69.3 Å². The first-order chi connectivity index (χ1) is 22.1. The van der Waals surface area contributed by atoms with E-state index in [2.05, 4.69) is 15.7 Å². The molecule has 0 amide bonds. The molecule has 0 aliphatic heterocycles. The van der Waals surface area contributed by atoms with Crippen LogP contribution in [0.4, 0.5) is 27.7 Å².